The summed E-state index contributed by atoms with van der Waals surface area (Å²) in [5.41, 5.74) is 2.61. The lowest BCUT2D eigenvalue weighted by atomic mass is 9.95. The van der Waals surface area contributed by atoms with Crippen molar-refractivity contribution < 1.29 is 4.79 Å². The summed E-state index contributed by atoms with van der Waals surface area (Å²) in [5, 5.41) is 6.43. The van der Waals surface area contributed by atoms with Gasteiger partial charge in [-0.2, -0.15) is 0 Å². The van der Waals surface area contributed by atoms with Crippen LogP contribution in [0.5, 0.6) is 0 Å². The molecule has 0 radical (unpaired) electrons. The molecule has 2 N–H and O–H groups in total. The zero-order valence-electron chi connectivity index (χ0n) is 12.6. The van der Waals surface area contributed by atoms with Gasteiger partial charge in [0, 0.05) is 19.6 Å². The van der Waals surface area contributed by atoms with E-state index in [1.807, 2.05) is 0 Å². The van der Waals surface area contributed by atoms with E-state index in [0.717, 1.165) is 26.1 Å². The molecule has 1 saturated heterocycles. The molecule has 21 heavy (non-hydrogen) atoms. The number of carbonyl (C=O) groups excluding carboxylic acids is 1. The topological polar surface area (TPSA) is 44.4 Å². The summed E-state index contributed by atoms with van der Waals surface area (Å²) in [6.07, 6.45) is 4.75. The van der Waals surface area contributed by atoms with Gasteiger partial charge in [-0.1, -0.05) is 30.7 Å². The fraction of sp³-hybridized carbons (Fsp3) is 0.588. The van der Waals surface area contributed by atoms with Crippen molar-refractivity contribution in [2.45, 2.75) is 38.3 Å². The van der Waals surface area contributed by atoms with E-state index in [1.54, 1.807) is 0 Å². The van der Waals surface area contributed by atoms with Crippen LogP contribution in [0.2, 0.25) is 0 Å². The van der Waals surface area contributed by atoms with Crippen LogP contribution in [-0.2, 0) is 17.8 Å². The lowest BCUT2D eigenvalue weighted by Crippen LogP contribution is -2.49. The Hall–Kier alpha value is -1.39. The molecule has 0 bridgehead atoms. The van der Waals surface area contributed by atoms with Crippen molar-refractivity contribution in [1.29, 1.82) is 0 Å². The third kappa shape index (κ3) is 3.83. The first-order chi connectivity index (χ1) is 10.3. The second kappa shape index (κ2) is 7.05. The van der Waals surface area contributed by atoms with Crippen LogP contribution in [-0.4, -0.2) is 43.0 Å². The summed E-state index contributed by atoms with van der Waals surface area (Å²) in [4.78, 5) is 14.7. The third-order valence-electron chi connectivity index (χ3n) is 4.57. The van der Waals surface area contributed by atoms with Crippen LogP contribution in [0, 0.1) is 0 Å². The molecule has 1 fully saturated rings. The SMILES string of the molecule is O=C(NCCN1CCCCC1)[C@H]1Cc2ccccc2CN1. The van der Waals surface area contributed by atoms with Gasteiger partial charge in [-0.05, 0) is 43.5 Å². The predicted octanol–water partition coefficient (Wildman–Crippen LogP) is 1.30. The quantitative estimate of drug-likeness (QED) is 0.877. The average molecular weight is 287 g/mol. The maximum absolute atomic E-state index is 12.3. The van der Waals surface area contributed by atoms with Crippen LogP contribution in [0.4, 0.5) is 0 Å². The van der Waals surface area contributed by atoms with Gasteiger partial charge in [0.05, 0.1) is 6.04 Å². The Bertz CT molecular complexity index is 483. The van der Waals surface area contributed by atoms with Crippen LogP contribution < -0.4 is 10.6 Å². The highest BCUT2D eigenvalue weighted by atomic mass is 16.2. The highest BCUT2D eigenvalue weighted by molar-refractivity contribution is 5.82. The van der Waals surface area contributed by atoms with Crippen LogP contribution in [0.1, 0.15) is 30.4 Å². The maximum atomic E-state index is 12.3. The van der Waals surface area contributed by atoms with Crippen molar-refractivity contribution >= 4 is 5.91 Å². The van der Waals surface area contributed by atoms with Crippen LogP contribution in [0.15, 0.2) is 24.3 Å². The van der Waals surface area contributed by atoms with Gasteiger partial charge in [-0.15, -0.1) is 0 Å². The number of fused-ring (bicyclic) bond motifs is 1. The predicted molar refractivity (Wildman–Crippen MR) is 84.1 cm³/mol. The smallest absolute Gasteiger partial charge is 0.237 e. The molecule has 0 saturated carbocycles. The first-order valence-electron chi connectivity index (χ1n) is 8.13. The van der Waals surface area contributed by atoms with Gasteiger partial charge in [0.25, 0.3) is 0 Å². The van der Waals surface area contributed by atoms with Gasteiger partial charge in [0.15, 0.2) is 0 Å². The van der Waals surface area contributed by atoms with Gasteiger partial charge < -0.3 is 15.5 Å². The van der Waals surface area contributed by atoms with Crippen LogP contribution in [0.3, 0.4) is 0 Å². The standard InChI is InChI=1S/C17H25N3O/c21-17(18-8-11-20-9-4-1-5-10-20)16-12-14-6-2-3-7-15(14)13-19-16/h2-3,6-7,16,19H,1,4-5,8-13H2,(H,18,21)/t16-/m1/s1. The zero-order chi connectivity index (χ0) is 14.5. The van der Waals surface area contributed by atoms with Crippen molar-refractivity contribution in [3.8, 4) is 0 Å². The number of rotatable bonds is 4. The van der Waals surface area contributed by atoms with Gasteiger partial charge >= 0.3 is 0 Å². The minimum atomic E-state index is -0.0822. The van der Waals surface area contributed by atoms with E-state index in [4.69, 9.17) is 0 Å². The van der Waals surface area contributed by atoms with E-state index in [-0.39, 0.29) is 11.9 Å². The van der Waals surface area contributed by atoms with E-state index in [9.17, 15) is 4.79 Å². The van der Waals surface area contributed by atoms with Crippen molar-refractivity contribution in [3.63, 3.8) is 0 Å². The molecule has 1 aromatic carbocycles. The number of amides is 1. The fourth-order valence-electron chi connectivity index (χ4n) is 3.28. The number of piperidine rings is 1. The summed E-state index contributed by atoms with van der Waals surface area (Å²) in [6, 6.07) is 8.28. The molecule has 114 valence electrons. The molecular weight excluding hydrogens is 262 g/mol. The van der Waals surface area contributed by atoms with Gasteiger partial charge in [0.2, 0.25) is 5.91 Å². The molecule has 0 aliphatic carbocycles. The molecule has 0 aromatic heterocycles. The number of nitrogens with zero attached hydrogens (tertiary/aromatic N) is 1. The van der Waals surface area contributed by atoms with Crippen molar-refractivity contribution in [2.24, 2.45) is 0 Å². The molecule has 1 aromatic rings. The van der Waals surface area contributed by atoms with E-state index < -0.39 is 0 Å². The first-order valence-corrected chi connectivity index (χ1v) is 8.13. The van der Waals surface area contributed by atoms with Crippen LogP contribution >= 0.6 is 0 Å². The largest absolute Gasteiger partial charge is 0.353 e. The highest BCUT2D eigenvalue weighted by Gasteiger charge is 2.23. The summed E-state index contributed by atoms with van der Waals surface area (Å²) in [7, 11) is 0. The Morgan fingerprint density at radius 1 is 1.19 bits per heavy atom. The van der Waals surface area contributed by atoms with Crippen molar-refractivity contribution in [3.05, 3.63) is 35.4 Å². The molecule has 4 nitrogen and oxygen atoms in total. The molecule has 2 aliphatic rings. The van der Waals surface area contributed by atoms with Crippen molar-refractivity contribution in [1.82, 2.24) is 15.5 Å². The molecule has 4 heteroatoms. The molecule has 2 heterocycles. The first kappa shape index (κ1) is 14.5. The number of hydrogen-bond acceptors (Lipinski definition) is 3. The molecule has 0 unspecified atom stereocenters. The highest BCUT2D eigenvalue weighted by Crippen LogP contribution is 2.16. The number of carbonyl (C=O) groups is 1. The van der Waals surface area contributed by atoms with Gasteiger partial charge in [-0.25, -0.2) is 0 Å². The molecule has 2 aliphatic heterocycles. The number of hydrogen-bond donors (Lipinski definition) is 2. The lowest BCUT2D eigenvalue weighted by molar-refractivity contribution is -0.123. The Morgan fingerprint density at radius 2 is 1.95 bits per heavy atom. The van der Waals surface area contributed by atoms with Crippen LogP contribution in [0.25, 0.3) is 0 Å². The Labute approximate surface area is 126 Å². The summed E-state index contributed by atoms with van der Waals surface area (Å²) < 4.78 is 0. The van der Waals surface area contributed by atoms with E-state index >= 15 is 0 Å². The third-order valence-corrected chi connectivity index (χ3v) is 4.57. The Balaban J connectivity index is 1.44. The van der Waals surface area contributed by atoms with Gasteiger partial charge in [-0.3, -0.25) is 4.79 Å². The fourth-order valence-corrected chi connectivity index (χ4v) is 3.28. The minimum Gasteiger partial charge on any atom is -0.353 e. The molecule has 1 amide bonds. The van der Waals surface area contributed by atoms with Crippen molar-refractivity contribution in [2.75, 3.05) is 26.2 Å². The number of benzene rings is 1. The minimum absolute atomic E-state index is 0.0822. The normalized spacial score (nSPS) is 22.6. The maximum Gasteiger partial charge on any atom is 0.237 e. The zero-order valence-corrected chi connectivity index (χ0v) is 12.6. The summed E-state index contributed by atoms with van der Waals surface area (Å²) in [5.74, 6) is 0.140. The molecule has 0 spiro atoms. The van der Waals surface area contributed by atoms with Gasteiger partial charge in [0.1, 0.15) is 0 Å². The van der Waals surface area contributed by atoms with E-state index in [2.05, 4.69) is 39.8 Å². The molecule has 1 atom stereocenters. The Morgan fingerprint density at radius 3 is 2.76 bits per heavy atom. The number of nitrogens with one attached hydrogen (secondary N) is 2. The summed E-state index contributed by atoms with van der Waals surface area (Å²) in [6.45, 7) is 4.91. The monoisotopic (exact) mass is 287 g/mol. The average Bonchev–Trinajstić information content (AvgIpc) is 2.55. The van der Waals surface area contributed by atoms with E-state index in [0.29, 0.717) is 0 Å². The van der Waals surface area contributed by atoms with E-state index in [1.165, 1.54) is 43.5 Å². The molecular formula is C17H25N3O. The summed E-state index contributed by atoms with van der Waals surface area (Å²) >= 11 is 0. The lowest BCUT2D eigenvalue weighted by Gasteiger charge is -2.28. The second-order valence-electron chi connectivity index (χ2n) is 6.10. The number of likely N-dealkylation sites (tertiary alicyclic amines) is 1. The second-order valence-corrected chi connectivity index (χ2v) is 6.10. The Kier molecular flexibility index (Phi) is 4.88. The molecule has 3 rings (SSSR count).